The van der Waals surface area contributed by atoms with Crippen molar-refractivity contribution < 1.29 is 28.7 Å². The van der Waals surface area contributed by atoms with Crippen LogP contribution in [-0.4, -0.2) is 23.9 Å². The van der Waals surface area contributed by atoms with Gasteiger partial charge in [-0.3, -0.25) is 19.2 Å². The summed E-state index contributed by atoms with van der Waals surface area (Å²) in [6.45, 7) is 0. The molecule has 2 aliphatic heterocycles. The number of rotatable bonds is 0. The van der Waals surface area contributed by atoms with E-state index in [1.807, 2.05) is 0 Å². The quantitative estimate of drug-likeness (QED) is 0.472. The van der Waals surface area contributed by atoms with Crippen molar-refractivity contribution >= 4 is 23.9 Å². The summed E-state index contributed by atoms with van der Waals surface area (Å²) in [4.78, 5) is 47.2. The highest BCUT2D eigenvalue weighted by Gasteiger charge is 2.57. The van der Waals surface area contributed by atoms with Crippen LogP contribution in [0.15, 0.2) is 0 Å². The third kappa shape index (κ3) is 1.50. The first kappa shape index (κ1) is 12.1. The monoisotopic (exact) mass is 278 g/mol. The first-order chi connectivity index (χ1) is 9.54. The van der Waals surface area contributed by atoms with Crippen LogP contribution in [0.25, 0.3) is 0 Å². The van der Waals surface area contributed by atoms with Crippen LogP contribution >= 0.6 is 0 Å². The van der Waals surface area contributed by atoms with Crippen LogP contribution in [0.3, 0.4) is 0 Å². The highest BCUT2D eigenvalue weighted by molar-refractivity contribution is 5.93. The predicted molar refractivity (Wildman–Crippen MR) is 61.6 cm³/mol. The van der Waals surface area contributed by atoms with Crippen molar-refractivity contribution in [3.8, 4) is 0 Å². The fraction of sp³-hybridized carbons (Fsp3) is 0.714. The molecule has 2 saturated heterocycles. The van der Waals surface area contributed by atoms with Crippen molar-refractivity contribution in [1.82, 2.24) is 0 Å². The second-order valence-electron chi connectivity index (χ2n) is 6.36. The molecule has 2 aliphatic carbocycles. The summed E-state index contributed by atoms with van der Waals surface area (Å²) >= 11 is 0. The lowest BCUT2D eigenvalue weighted by Gasteiger charge is -2.50. The first-order valence-electron chi connectivity index (χ1n) is 7.05. The minimum absolute atomic E-state index is 0.0348. The number of hydrogen-bond donors (Lipinski definition) is 0. The van der Waals surface area contributed by atoms with Gasteiger partial charge in [-0.05, 0) is 37.5 Å². The van der Waals surface area contributed by atoms with E-state index in [2.05, 4.69) is 0 Å². The Bertz CT molecular complexity index is 490. The largest absolute Gasteiger partial charge is 0.393 e. The van der Waals surface area contributed by atoms with Crippen molar-refractivity contribution in [1.29, 1.82) is 0 Å². The smallest absolute Gasteiger partial charge is 0.316 e. The van der Waals surface area contributed by atoms with Crippen LogP contribution in [0.1, 0.15) is 25.7 Å². The normalized spacial score (nSPS) is 46.4. The van der Waals surface area contributed by atoms with Crippen LogP contribution in [0.4, 0.5) is 0 Å². The molecule has 0 N–H and O–H groups in total. The molecule has 0 radical (unpaired) electrons. The average Bonchev–Trinajstić information content (AvgIpc) is 2.42. The van der Waals surface area contributed by atoms with Gasteiger partial charge in [0.1, 0.15) is 0 Å². The van der Waals surface area contributed by atoms with Gasteiger partial charge in [-0.1, -0.05) is 0 Å². The lowest BCUT2D eigenvalue weighted by atomic mass is 9.55. The van der Waals surface area contributed by atoms with E-state index < -0.39 is 23.9 Å². The molecule has 2 heterocycles. The minimum atomic E-state index is -0.485. The summed E-state index contributed by atoms with van der Waals surface area (Å²) in [5.41, 5.74) is 0. The van der Waals surface area contributed by atoms with E-state index >= 15 is 0 Å². The van der Waals surface area contributed by atoms with Crippen molar-refractivity contribution in [2.75, 3.05) is 0 Å². The molecule has 6 heteroatoms. The Morgan fingerprint density at radius 3 is 1.40 bits per heavy atom. The Morgan fingerprint density at radius 2 is 1.00 bits per heavy atom. The molecule has 0 amide bonds. The maximum Gasteiger partial charge on any atom is 0.316 e. The Balaban J connectivity index is 1.70. The average molecular weight is 278 g/mol. The van der Waals surface area contributed by atoms with Crippen LogP contribution in [0.2, 0.25) is 0 Å². The molecule has 0 spiro atoms. The number of fused-ring (bicyclic) bond motifs is 7. The molecule has 6 unspecified atom stereocenters. The van der Waals surface area contributed by atoms with Gasteiger partial charge in [0.25, 0.3) is 0 Å². The fourth-order valence-corrected chi connectivity index (χ4v) is 4.53. The van der Waals surface area contributed by atoms with Crippen LogP contribution in [0.5, 0.6) is 0 Å². The Kier molecular flexibility index (Phi) is 2.35. The maximum atomic E-state index is 11.9. The van der Waals surface area contributed by atoms with E-state index in [1.54, 1.807) is 0 Å². The summed E-state index contributed by atoms with van der Waals surface area (Å²) in [5.74, 6) is -3.25. The van der Waals surface area contributed by atoms with E-state index in [0.717, 1.165) is 0 Å². The number of carbonyl (C=O) groups excluding carboxylic acids is 4. The van der Waals surface area contributed by atoms with Gasteiger partial charge in [-0.15, -0.1) is 0 Å². The predicted octanol–water partition coefficient (Wildman–Crippen LogP) is 0.438. The topological polar surface area (TPSA) is 86.7 Å². The second-order valence-corrected chi connectivity index (χ2v) is 6.36. The standard InChI is InChI=1S/C14H14O6/c15-11-5-1-7-8(10(3-5)14(18)19-11)2-6-4-9(7)13(17)20-12(6)16/h5-10H,1-4H2. The van der Waals surface area contributed by atoms with Gasteiger partial charge in [0.05, 0.1) is 23.7 Å². The first-order valence-corrected chi connectivity index (χ1v) is 7.05. The lowest BCUT2D eigenvalue weighted by Crippen LogP contribution is -2.55. The highest BCUT2D eigenvalue weighted by Crippen LogP contribution is 2.54. The van der Waals surface area contributed by atoms with E-state index in [-0.39, 0.29) is 35.5 Å². The van der Waals surface area contributed by atoms with Crippen molar-refractivity contribution in [2.45, 2.75) is 25.7 Å². The van der Waals surface area contributed by atoms with E-state index in [1.165, 1.54) is 0 Å². The summed E-state index contributed by atoms with van der Waals surface area (Å²) in [7, 11) is 0. The molecule has 6 atom stereocenters. The minimum Gasteiger partial charge on any atom is -0.393 e. The number of hydrogen-bond acceptors (Lipinski definition) is 6. The van der Waals surface area contributed by atoms with Crippen LogP contribution in [-0.2, 0) is 28.7 Å². The van der Waals surface area contributed by atoms with Crippen molar-refractivity contribution in [3.63, 3.8) is 0 Å². The van der Waals surface area contributed by atoms with Crippen LogP contribution in [0, 0.1) is 35.5 Å². The van der Waals surface area contributed by atoms with Gasteiger partial charge < -0.3 is 9.47 Å². The molecule has 20 heavy (non-hydrogen) atoms. The summed E-state index contributed by atoms with van der Waals surface area (Å²) in [6, 6.07) is 0. The molecule has 4 rings (SSSR count). The molecule has 0 aromatic rings. The Labute approximate surface area is 114 Å². The molecule has 4 bridgehead atoms. The molecule has 0 aromatic carbocycles. The summed E-state index contributed by atoms with van der Waals surface area (Å²) in [6.07, 6.45) is 2.13. The third-order valence-corrected chi connectivity index (χ3v) is 5.45. The molecule has 4 fully saturated rings. The van der Waals surface area contributed by atoms with E-state index in [9.17, 15) is 19.2 Å². The molecule has 4 aliphatic rings. The number of ether oxygens (including phenoxy) is 2. The Hall–Kier alpha value is -1.72. The molecule has 6 nitrogen and oxygen atoms in total. The van der Waals surface area contributed by atoms with E-state index in [4.69, 9.17) is 9.47 Å². The van der Waals surface area contributed by atoms with Gasteiger partial charge >= 0.3 is 23.9 Å². The summed E-state index contributed by atoms with van der Waals surface area (Å²) < 4.78 is 9.60. The molecular formula is C14H14O6. The highest BCUT2D eigenvalue weighted by atomic mass is 16.6. The number of carbonyl (C=O) groups is 4. The van der Waals surface area contributed by atoms with Gasteiger partial charge in [0.15, 0.2) is 0 Å². The van der Waals surface area contributed by atoms with Gasteiger partial charge in [0, 0.05) is 0 Å². The number of esters is 4. The van der Waals surface area contributed by atoms with Gasteiger partial charge in [-0.2, -0.15) is 0 Å². The fourth-order valence-electron chi connectivity index (χ4n) is 4.53. The molecule has 0 aromatic heterocycles. The zero-order valence-corrected chi connectivity index (χ0v) is 10.7. The van der Waals surface area contributed by atoms with Crippen molar-refractivity contribution in [2.24, 2.45) is 35.5 Å². The van der Waals surface area contributed by atoms with Gasteiger partial charge in [-0.25, -0.2) is 0 Å². The molecule has 106 valence electrons. The maximum absolute atomic E-state index is 11.9. The number of cyclic esters (lactones) is 4. The van der Waals surface area contributed by atoms with Gasteiger partial charge in [0.2, 0.25) is 0 Å². The zero-order valence-electron chi connectivity index (χ0n) is 10.7. The van der Waals surface area contributed by atoms with Crippen molar-refractivity contribution in [3.05, 3.63) is 0 Å². The SMILES string of the molecule is O=C1OC(=O)C2CC1CC1C3CC(CC21)C(=O)OC3=O. The zero-order chi connectivity index (χ0) is 14.0. The molecule has 2 saturated carbocycles. The second kappa shape index (κ2) is 3.90. The lowest BCUT2D eigenvalue weighted by molar-refractivity contribution is -0.194. The van der Waals surface area contributed by atoms with E-state index in [0.29, 0.717) is 25.7 Å². The summed E-state index contributed by atoms with van der Waals surface area (Å²) in [5, 5.41) is 0. The molecular weight excluding hydrogens is 264 g/mol. The third-order valence-electron chi connectivity index (χ3n) is 5.45. The Morgan fingerprint density at radius 1 is 0.600 bits per heavy atom. The van der Waals surface area contributed by atoms with Crippen LogP contribution < -0.4 is 0 Å².